The molecule has 2 aromatic carbocycles. The summed E-state index contributed by atoms with van der Waals surface area (Å²) in [5.41, 5.74) is 1.14. The minimum Gasteiger partial charge on any atom is -0.485 e. The lowest BCUT2D eigenvalue weighted by Crippen LogP contribution is -2.04. The molecule has 0 saturated heterocycles. The van der Waals surface area contributed by atoms with Crippen molar-refractivity contribution in [3.63, 3.8) is 0 Å². The van der Waals surface area contributed by atoms with Gasteiger partial charge >= 0.3 is 0 Å². The van der Waals surface area contributed by atoms with Crippen LogP contribution in [0.2, 0.25) is 0 Å². The highest BCUT2D eigenvalue weighted by Crippen LogP contribution is 2.28. The van der Waals surface area contributed by atoms with Crippen LogP contribution in [0.25, 0.3) is 0 Å². The van der Waals surface area contributed by atoms with E-state index in [1.54, 1.807) is 0 Å². The number of hydrogen-bond acceptors (Lipinski definition) is 2. The Morgan fingerprint density at radius 3 is 2.22 bits per heavy atom. The quantitative estimate of drug-likeness (QED) is 0.763. The molecular formula is C15H15BrO2. The molecule has 0 amide bonds. The topological polar surface area (TPSA) is 18.5 Å². The Labute approximate surface area is 116 Å². The predicted octanol–water partition coefficient (Wildman–Crippen LogP) is 4.39. The summed E-state index contributed by atoms with van der Waals surface area (Å²) in [6.45, 7) is 2.46. The Morgan fingerprint density at radius 1 is 0.944 bits per heavy atom. The van der Waals surface area contributed by atoms with Crippen LogP contribution in [0.5, 0.6) is 11.5 Å². The van der Waals surface area contributed by atoms with Gasteiger partial charge in [0.1, 0.15) is 6.61 Å². The molecule has 3 heteroatoms. The maximum atomic E-state index is 5.78. The molecule has 2 nitrogen and oxygen atoms in total. The third-order valence-corrected chi connectivity index (χ3v) is 2.56. The van der Waals surface area contributed by atoms with E-state index in [1.807, 2.05) is 61.5 Å². The van der Waals surface area contributed by atoms with Gasteiger partial charge in [-0.25, -0.2) is 0 Å². The van der Waals surface area contributed by atoms with E-state index in [0.717, 1.165) is 17.1 Å². The summed E-state index contributed by atoms with van der Waals surface area (Å²) in [7, 11) is 0. The molecule has 2 aromatic rings. The first kappa shape index (κ1) is 13.0. The van der Waals surface area contributed by atoms with Crippen molar-refractivity contribution >= 4 is 15.9 Å². The van der Waals surface area contributed by atoms with Crippen molar-refractivity contribution in [3.05, 3.63) is 60.2 Å². The summed E-state index contributed by atoms with van der Waals surface area (Å²) in [5.74, 6) is 1.51. The van der Waals surface area contributed by atoms with Gasteiger partial charge in [0.15, 0.2) is 16.5 Å². The third-order valence-electron chi connectivity index (χ3n) is 2.38. The normalized spacial score (nSPS) is 11.9. The van der Waals surface area contributed by atoms with Gasteiger partial charge in [-0.05, 0) is 40.5 Å². The second kappa shape index (κ2) is 6.45. The Hall–Kier alpha value is -1.48. The van der Waals surface area contributed by atoms with Gasteiger partial charge in [0.25, 0.3) is 0 Å². The molecule has 94 valence electrons. The van der Waals surface area contributed by atoms with Gasteiger partial charge < -0.3 is 9.47 Å². The number of alkyl halides is 1. The van der Waals surface area contributed by atoms with E-state index in [4.69, 9.17) is 9.47 Å². The Balaban J connectivity index is 2.05. The summed E-state index contributed by atoms with van der Waals surface area (Å²) in [4.78, 5) is 0. The zero-order chi connectivity index (χ0) is 12.8. The lowest BCUT2D eigenvalue weighted by Gasteiger charge is -2.13. The van der Waals surface area contributed by atoms with Crippen LogP contribution in [0.1, 0.15) is 12.5 Å². The van der Waals surface area contributed by atoms with E-state index in [0.29, 0.717) is 6.61 Å². The fourth-order valence-corrected chi connectivity index (χ4v) is 1.78. The first-order chi connectivity index (χ1) is 8.75. The molecular weight excluding hydrogens is 292 g/mol. The first-order valence-corrected chi connectivity index (χ1v) is 6.74. The van der Waals surface area contributed by atoms with Crippen LogP contribution in [-0.2, 0) is 6.61 Å². The van der Waals surface area contributed by atoms with Crippen LogP contribution in [0.15, 0.2) is 54.6 Å². The van der Waals surface area contributed by atoms with Gasteiger partial charge in [-0.3, -0.25) is 0 Å². The lowest BCUT2D eigenvalue weighted by molar-refractivity contribution is 0.259. The summed E-state index contributed by atoms with van der Waals surface area (Å²) in [6, 6.07) is 17.8. The molecule has 0 aliphatic rings. The van der Waals surface area contributed by atoms with Gasteiger partial charge in [0.05, 0.1) is 0 Å². The van der Waals surface area contributed by atoms with Gasteiger partial charge in [0.2, 0.25) is 0 Å². The number of benzene rings is 2. The second-order valence-electron chi connectivity index (χ2n) is 3.88. The van der Waals surface area contributed by atoms with E-state index >= 15 is 0 Å². The molecule has 0 radical (unpaired) electrons. The van der Waals surface area contributed by atoms with E-state index in [-0.39, 0.29) is 5.01 Å². The fraction of sp³-hybridized carbons (Fsp3) is 0.200. The molecule has 18 heavy (non-hydrogen) atoms. The summed E-state index contributed by atoms with van der Waals surface area (Å²) in [5, 5.41) is -0.0426. The molecule has 0 aromatic heterocycles. The Kier molecular flexibility index (Phi) is 4.65. The molecule has 0 N–H and O–H groups in total. The maximum Gasteiger partial charge on any atom is 0.162 e. The molecule has 0 spiro atoms. The van der Waals surface area contributed by atoms with Crippen LogP contribution in [-0.4, -0.2) is 5.01 Å². The zero-order valence-electron chi connectivity index (χ0n) is 10.2. The minimum absolute atomic E-state index is 0.0426. The van der Waals surface area contributed by atoms with E-state index in [1.165, 1.54) is 0 Å². The van der Waals surface area contributed by atoms with Crippen molar-refractivity contribution in [2.24, 2.45) is 0 Å². The number of hydrogen-bond donors (Lipinski definition) is 0. The Morgan fingerprint density at radius 2 is 1.56 bits per heavy atom. The van der Waals surface area contributed by atoms with Crippen molar-refractivity contribution in [1.82, 2.24) is 0 Å². The van der Waals surface area contributed by atoms with Crippen LogP contribution in [0.3, 0.4) is 0 Å². The number of rotatable bonds is 5. The minimum atomic E-state index is -0.0426. The van der Waals surface area contributed by atoms with E-state index < -0.39 is 0 Å². The average Bonchev–Trinajstić information content (AvgIpc) is 2.38. The molecule has 0 saturated carbocycles. The van der Waals surface area contributed by atoms with Crippen molar-refractivity contribution in [2.45, 2.75) is 18.5 Å². The van der Waals surface area contributed by atoms with E-state index in [9.17, 15) is 0 Å². The first-order valence-electron chi connectivity index (χ1n) is 5.82. The van der Waals surface area contributed by atoms with Crippen molar-refractivity contribution < 1.29 is 9.47 Å². The number of ether oxygens (including phenoxy) is 2. The molecule has 0 fully saturated rings. The molecule has 0 heterocycles. The highest BCUT2D eigenvalue weighted by Gasteiger charge is 2.06. The SMILES string of the molecule is CC(Br)Oc1ccccc1OCc1ccccc1. The van der Waals surface area contributed by atoms with Crippen LogP contribution in [0.4, 0.5) is 0 Å². The molecule has 1 atom stereocenters. The number of halogens is 1. The van der Waals surface area contributed by atoms with Gasteiger partial charge in [-0.2, -0.15) is 0 Å². The highest BCUT2D eigenvalue weighted by atomic mass is 79.9. The third kappa shape index (κ3) is 3.77. The highest BCUT2D eigenvalue weighted by molar-refractivity contribution is 9.09. The zero-order valence-corrected chi connectivity index (χ0v) is 11.8. The molecule has 2 rings (SSSR count). The smallest absolute Gasteiger partial charge is 0.162 e. The van der Waals surface area contributed by atoms with Crippen molar-refractivity contribution in [2.75, 3.05) is 0 Å². The van der Waals surface area contributed by atoms with Crippen molar-refractivity contribution in [1.29, 1.82) is 0 Å². The summed E-state index contributed by atoms with van der Waals surface area (Å²) < 4.78 is 11.4. The largest absolute Gasteiger partial charge is 0.485 e. The van der Waals surface area contributed by atoms with Crippen molar-refractivity contribution in [3.8, 4) is 11.5 Å². The summed E-state index contributed by atoms with van der Waals surface area (Å²) >= 11 is 3.36. The van der Waals surface area contributed by atoms with Gasteiger partial charge in [-0.15, -0.1) is 0 Å². The Bertz CT molecular complexity index is 483. The van der Waals surface area contributed by atoms with Gasteiger partial charge in [-0.1, -0.05) is 42.5 Å². The molecule has 0 aliphatic heterocycles. The monoisotopic (exact) mass is 306 g/mol. The maximum absolute atomic E-state index is 5.78. The average molecular weight is 307 g/mol. The van der Waals surface area contributed by atoms with Gasteiger partial charge in [0, 0.05) is 0 Å². The second-order valence-corrected chi connectivity index (χ2v) is 5.17. The lowest BCUT2D eigenvalue weighted by atomic mass is 10.2. The predicted molar refractivity (Wildman–Crippen MR) is 76.2 cm³/mol. The molecule has 0 aliphatic carbocycles. The van der Waals surface area contributed by atoms with Crippen LogP contribution < -0.4 is 9.47 Å². The summed E-state index contributed by atoms with van der Waals surface area (Å²) in [6.07, 6.45) is 0. The standard InChI is InChI=1S/C15H15BrO2/c1-12(16)18-15-10-6-5-9-14(15)17-11-13-7-3-2-4-8-13/h2-10,12H,11H2,1H3. The fourth-order valence-electron chi connectivity index (χ4n) is 1.58. The molecule has 1 unspecified atom stereocenters. The van der Waals surface area contributed by atoms with Crippen LogP contribution in [0, 0.1) is 0 Å². The van der Waals surface area contributed by atoms with Crippen LogP contribution >= 0.6 is 15.9 Å². The van der Waals surface area contributed by atoms with E-state index in [2.05, 4.69) is 15.9 Å². The number of para-hydroxylation sites is 2. The molecule has 0 bridgehead atoms.